The zero-order chi connectivity index (χ0) is 25.1. The quantitative estimate of drug-likeness (QED) is 0.305. The zero-order valence-corrected chi connectivity index (χ0v) is 19.8. The van der Waals surface area contributed by atoms with E-state index in [1.165, 1.54) is 0 Å². The molecule has 2 heterocycles. The molecule has 36 heavy (non-hydrogen) atoms. The molecule has 0 aliphatic heterocycles. The smallest absolute Gasteiger partial charge is 0.335 e. The van der Waals surface area contributed by atoms with Crippen molar-refractivity contribution in [3.63, 3.8) is 0 Å². The van der Waals surface area contributed by atoms with Crippen LogP contribution in [0.5, 0.6) is 0 Å². The Hall–Kier alpha value is -4.71. The van der Waals surface area contributed by atoms with Gasteiger partial charge in [-0.15, -0.1) is 0 Å². The summed E-state index contributed by atoms with van der Waals surface area (Å²) in [6.07, 6.45) is 3.79. The van der Waals surface area contributed by atoms with E-state index in [1.807, 2.05) is 55.6 Å². The van der Waals surface area contributed by atoms with Crippen molar-refractivity contribution >= 4 is 22.8 Å². The predicted molar refractivity (Wildman–Crippen MR) is 140 cm³/mol. The molecule has 0 saturated heterocycles. The van der Waals surface area contributed by atoms with E-state index < -0.39 is 5.97 Å². The SMILES string of the molecule is C[C@H](NC(=O)c1cccc2ccn(Cc3ccc(-c4ccccn4)cc3)c12)c1ccc(C(=O)O)cc1. The minimum atomic E-state index is -0.975. The number of fused-ring (bicyclic) bond motifs is 1. The molecule has 0 spiro atoms. The Kier molecular flexibility index (Phi) is 6.33. The molecule has 3 aromatic carbocycles. The summed E-state index contributed by atoms with van der Waals surface area (Å²) in [5, 5.41) is 13.2. The van der Waals surface area contributed by atoms with Crippen LogP contribution in [0.2, 0.25) is 0 Å². The van der Waals surface area contributed by atoms with Gasteiger partial charge in [0.05, 0.1) is 28.4 Å². The number of para-hydroxylation sites is 1. The molecular weight excluding hydrogens is 450 g/mol. The van der Waals surface area contributed by atoms with Gasteiger partial charge < -0.3 is 15.0 Å². The van der Waals surface area contributed by atoms with Gasteiger partial charge in [-0.3, -0.25) is 9.78 Å². The minimum absolute atomic E-state index is 0.180. The fourth-order valence-electron chi connectivity index (χ4n) is 4.36. The van der Waals surface area contributed by atoms with Crippen molar-refractivity contribution in [1.82, 2.24) is 14.9 Å². The highest BCUT2D eigenvalue weighted by Crippen LogP contribution is 2.24. The molecule has 0 unspecified atom stereocenters. The van der Waals surface area contributed by atoms with Gasteiger partial charge >= 0.3 is 5.97 Å². The maximum Gasteiger partial charge on any atom is 0.335 e. The molecule has 6 nitrogen and oxygen atoms in total. The summed E-state index contributed by atoms with van der Waals surface area (Å²) in [7, 11) is 0. The van der Waals surface area contributed by atoms with Gasteiger partial charge in [-0.2, -0.15) is 0 Å². The van der Waals surface area contributed by atoms with Gasteiger partial charge in [0.15, 0.2) is 0 Å². The number of carbonyl (C=O) groups is 2. The first-order valence-electron chi connectivity index (χ1n) is 11.7. The van der Waals surface area contributed by atoms with Crippen molar-refractivity contribution < 1.29 is 14.7 Å². The van der Waals surface area contributed by atoms with Gasteiger partial charge in [-0.1, -0.05) is 54.6 Å². The molecule has 5 aromatic rings. The monoisotopic (exact) mass is 475 g/mol. The Morgan fingerprint density at radius 2 is 1.69 bits per heavy atom. The molecule has 1 amide bonds. The van der Waals surface area contributed by atoms with E-state index in [9.17, 15) is 9.59 Å². The zero-order valence-electron chi connectivity index (χ0n) is 19.8. The van der Waals surface area contributed by atoms with Crippen molar-refractivity contribution in [3.05, 3.63) is 126 Å². The van der Waals surface area contributed by atoms with E-state index in [0.29, 0.717) is 12.1 Å². The Bertz CT molecular complexity index is 1520. The van der Waals surface area contributed by atoms with Crippen molar-refractivity contribution in [2.75, 3.05) is 0 Å². The van der Waals surface area contributed by atoms with Crippen LogP contribution in [-0.4, -0.2) is 26.5 Å². The third-order valence-corrected chi connectivity index (χ3v) is 6.31. The molecular formula is C30H25N3O3. The van der Waals surface area contributed by atoms with Crippen LogP contribution >= 0.6 is 0 Å². The van der Waals surface area contributed by atoms with Gasteiger partial charge in [-0.05, 0) is 54.4 Å². The molecule has 0 radical (unpaired) electrons. The highest BCUT2D eigenvalue weighted by molar-refractivity contribution is 6.06. The molecule has 5 rings (SSSR count). The Morgan fingerprint density at radius 1 is 0.917 bits per heavy atom. The second-order valence-electron chi connectivity index (χ2n) is 8.72. The third-order valence-electron chi connectivity index (χ3n) is 6.31. The predicted octanol–water partition coefficient (Wildman–Crippen LogP) is 5.94. The van der Waals surface area contributed by atoms with Crippen LogP contribution in [0.3, 0.4) is 0 Å². The summed E-state index contributed by atoms with van der Waals surface area (Å²) in [5.41, 5.74) is 5.63. The number of nitrogens with one attached hydrogen (secondary N) is 1. The lowest BCUT2D eigenvalue weighted by Gasteiger charge is -2.16. The summed E-state index contributed by atoms with van der Waals surface area (Å²) in [6, 6.07) is 28.2. The molecule has 178 valence electrons. The molecule has 2 aromatic heterocycles. The number of hydrogen-bond acceptors (Lipinski definition) is 3. The standard InChI is InChI=1S/C30H25N3O3/c1-20(22-12-14-25(15-13-22)30(35)36)32-29(34)26-6-4-5-24-16-18-33(28(24)26)19-21-8-10-23(11-9-21)27-7-2-3-17-31-27/h2-18,20H,19H2,1H3,(H,32,34)(H,35,36)/t20-/m0/s1. The largest absolute Gasteiger partial charge is 0.478 e. The number of benzene rings is 3. The number of amides is 1. The molecule has 0 aliphatic rings. The Balaban J connectivity index is 1.37. The van der Waals surface area contributed by atoms with E-state index in [1.54, 1.807) is 30.5 Å². The van der Waals surface area contributed by atoms with Crippen molar-refractivity contribution in [2.45, 2.75) is 19.5 Å². The lowest BCUT2D eigenvalue weighted by Crippen LogP contribution is -2.27. The van der Waals surface area contributed by atoms with Gasteiger partial charge in [0.1, 0.15) is 0 Å². The van der Waals surface area contributed by atoms with Gasteiger partial charge in [0.25, 0.3) is 5.91 Å². The number of nitrogens with zero attached hydrogens (tertiary/aromatic N) is 2. The number of carboxylic acids is 1. The van der Waals surface area contributed by atoms with E-state index in [-0.39, 0.29) is 17.5 Å². The number of carbonyl (C=O) groups excluding carboxylic acids is 1. The Morgan fingerprint density at radius 3 is 2.39 bits per heavy atom. The average molecular weight is 476 g/mol. The Labute approximate surface area is 208 Å². The molecule has 0 aliphatic carbocycles. The number of aromatic carboxylic acids is 1. The summed E-state index contributed by atoms with van der Waals surface area (Å²) in [5.74, 6) is -1.15. The molecule has 2 N–H and O–H groups in total. The maximum absolute atomic E-state index is 13.3. The van der Waals surface area contributed by atoms with Crippen LogP contribution in [0.15, 0.2) is 103 Å². The topological polar surface area (TPSA) is 84.2 Å². The van der Waals surface area contributed by atoms with Gasteiger partial charge in [0.2, 0.25) is 0 Å². The van der Waals surface area contributed by atoms with Crippen LogP contribution in [0.25, 0.3) is 22.2 Å². The normalized spacial score (nSPS) is 11.8. The summed E-state index contributed by atoms with van der Waals surface area (Å²) >= 11 is 0. The van der Waals surface area contributed by atoms with Crippen LogP contribution in [0.1, 0.15) is 44.8 Å². The van der Waals surface area contributed by atoms with Gasteiger partial charge in [0, 0.05) is 29.9 Å². The van der Waals surface area contributed by atoms with Crippen LogP contribution in [0, 0.1) is 0 Å². The van der Waals surface area contributed by atoms with E-state index in [4.69, 9.17) is 5.11 Å². The minimum Gasteiger partial charge on any atom is -0.478 e. The summed E-state index contributed by atoms with van der Waals surface area (Å²) in [6.45, 7) is 2.51. The number of pyridine rings is 1. The van der Waals surface area contributed by atoms with Crippen LogP contribution in [0.4, 0.5) is 0 Å². The first-order valence-corrected chi connectivity index (χ1v) is 11.7. The number of carboxylic acid groups (broad SMARTS) is 1. The van der Waals surface area contributed by atoms with Crippen molar-refractivity contribution in [1.29, 1.82) is 0 Å². The lowest BCUT2D eigenvalue weighted by molar-refractivity contribution is 0.0696. The molecule has 6 heteroatoms. The first-order chi connectivity index (χ1) is 17.5. The highest BCUT2D eigenvalue weighted by Gasteiger charge is 2.17. The number of hydrogen-bond donors (Lipinski definition) is 2. The molecule has 0 saturated carbocycles. The molecule has 0 bridgehead atoms. The number of rotatable bonds is 7. The van der Waals surface area contributed by atoms with Crippen molar-refractivity contribution in [3.8, 4) is 11.3 Å². The third kappa shape index (κ3) is 4.74. The van der Waals surface area contributed by atoms with Crippen LogP contribution in [-0.2, 0) is 6.54 Å². The second kappa shape index (κ2) is 9.88. The lowest BCUT2D eigenvalue weighted by atomic mass is 10.0. The van der Waals surface area contributed by atoms with E-state index in [2.05, 4.69) is 39.1 Å². The average Bonchev–Trinajstić information content (AvgIpc) is 3.32. The summed E-state index contributed by atoms with van der Waals surface area (Å²) in [4.78, 5) is 28.8. The van der Waals surface area contributed by atoms with E-state index in [0.717, 1.165) is 33.3 Å². The fourth-order valence-corrected chi connectivity index (χ4v) is 4.36. The van der Waals surface area contributed by atoms with Gasteiger partial charge in [-0.25, -0.2) is 4.79 Å². The highest BCUT2D eigenvalue weighted by atomic mass is 16.4. The van der Waals surface area contributed by atoms with Crippen LogP contribution < -0.4 is 5.32 Å². The second-order valence-corrected chi connectivity index (χ2v) is 8.72. The first kappa shape index (κ1) is 23.1. The fraction of sp³-hybridized carbons (Fsp3) is 0.100. The number of aromatic nitrogens is 2. The maximum atomic E-state index is 13.3. The van der Waals surface area contributed by atoms with E-state index >= 15 is 0 Å². The summed E-state index contributed by atoms with van der Waals surface area (Å²) < 4.78 is 2.09. The molecule has 0 fully saturated rings. The van der Waals surface area contributed by atoms with Crippen molar-refractivity contribution in [2.24, 2.45) is 0 Å². The molecule has 1 atom stereocenters.